The highest BCUT2D eigenvalue weighted by atomic mass is 35.5. The molecule has 0 radical (unpaired) electrons. The molecule has 2 fully saturated rings. The highest BCUT2D eigenvalue weighted by molar-refractivity contribution is 6.27. The minimum atomic E-state index is -1.74. The van der Waals surface area contributed by atoms with Gasteiger partial charge in [-0.15, -0.1) is 11.6 Å². The summed E-state index contributed by atoms with van der Waals surface area (Å²) in [5, 5.41) is 0. The number of Topliss-reactive ketones (excluding diaryl/α,β-unsaturated/α-hetero) is 2. The Morgan fingerprint density at radius 2 is 1.63 bits per heavy atom. The predicted molar refractivity (Wildman–Crippen MR) is 252 cm³/mol. The second kappa shape index (κ2) is 16.6. The molecule has 65 heavy (non-hydrogen) atoms. The van der Waals surface area contributed by atoms with Crippen LogP contribution in [0.2, 0.25) is 0 Å². The van der Waals surface area contributed by atoms with Gasteiger partial charge in [0.15, 0.2) is 28.5 Å². The predicted octanol–water partition coefficient (Wildman–Crippen LogP) is 9.50. The van der Waals surface area contributed by atoms with Crippen molar-refractivity contribution in [1.82, 2.24) is 4.90 Å². The molecule has 1 saturated carbocycles. The number of esters is 2. The van der Waals surface area contributed by atoms with Crippen LogP contribution in [0, 0.1) is 17.8 Å². The number of rotatable bonds is 12. The number of carbonyl (C=O) groups is 4. The van der Waals surface area contributed by atoms with E-state index in [2.05, 4.69) is 30.9 Å². The molecule has 344 valence electrons. The van der Waals surface area contributed by atoms with Crippen LogP contribution in [0.4, 0.5) is 0 Å². The number of benzene rings is 2. The third-order valence-corrected chi connectivity index (χ3v) is 14.7. The van der Waals surface area contributed by atoms with Gasteiger partial charge in [-0.25, -0.2) is 4.79 Å². The van der Waals surface area contributed by atoms with Gasteiger partial charge in [0.05, 0.1) is 35.2 Å². The third kappa shape index (κ3) is 6.89. The number of hydrogen-bond acceptors (Lipinski definition) is 11. The lowest BCUT2D eigenvalue weighted by Crippen LogP contribution is -2.71. The molecule has 0 aromatic heterocycles. The maximum Gasteiger partial charge on any atom is 0.333 e. The van der Waals surface area contributed by atoms with Crippen molar-refractivity contribution in [3.8, 4) is 17.2 Å². The zero-order valence-corrected chi connectivity index (χ0v) is 40.2. The van der Waals surface area contributed by atoms with Crippen LogP contribution in [-0.4, -0.2) is 76.9 Å². The molecule has 0 amide bonds. The molecular formula is C53H61ClN2O9. The third-order valence-electron chi connectivity index (χ3n) is 14.5. The Labute approximate surface area is 387 Å². The summed E-state index contributed by atoms with van der Waals surface area (Å²) in [6.07, 6.45) is 11.7. The van der Waals surface area contributed by atoms with Gasteiger partial charge in [0.1, 0.15) is 23.0 Å². The highest BCUT2D eigenvalue weighted by Gasteiger charge is 2.79. The Bertz CT molecular complexity index is 2620. The van der Waals surface area contributed by atoms with Crippen LogP contribution in [0.15, 0.2) is 76.4 Å². The lowest BCUT2D eigenvalue weighted by atomic mass is 9.51. The van der Waals surface area contributed by atoms with Crippen LogP contribution in [0.1, 0.15) is 121 Å². The molecule has 4 aliphatic heterocycles. The first-order valence-electron chi connectivity index (χ1n) is 22.7. The average molecular weight is 906 g/mol. The number of nitrogens with two attached hydrogens (primary N) is 1. The maximum atomic E-state index is 16.0. The quantitative estimate of drug-likeness (QED) is 0.0715. The van der Waals surface area contributed by atoms with E-state index in [1.54, 1.807) is 13.0 Å². The second-order valence-electron chi connectivity index (χ2n) is 19.6. The molecule has 6 unspecified atom stereocenters. The fourth-order valence-electron chi connectivity index (χ4n) is 11.2. The molecule has 2 N–H and O–H groups in total. The van der Waals surface area contributed by atoms with E-state index in [0.717, 1.165) is 17.6 Å². The van der Waals surface area contributed by atoms with Gasteiger partial charge in [-0.1, -0.05) is 67.5 Å². The van der Waals surface area contributed by atoms with E-state index in [0.29, 0.717) is 74.7 Å². The number of nitrogens with zero attached hydrogens (tertiary/aromatic N) is 1. The SMILES string of the molecule is COC(=O)/C(C)=C\CC12OC(C)(C)C(C)C13Oc1c(CC=C(C)C)c4c(c(OC(=O)CCl)c1C1=C3C(C3=C(c5ccccc5C3=O)N1CCN)C(C)C2=O)C=CC(C)(CCC=C(C)C)O4. The second-order valence-corrected chi connectivity index (χ2v) is 19.8. The molecule has 4 heterocycles. The van der Waals surface area contributed by atoms with Gasteiger partial charge in [-0.3, -0.25) is 14.4 Å². The Morgan fingerprint density at radius 3 is 2.28 bits per heavy atom. The Morgan fingerprint density at radius 1 is 0.938 bits per heavy atom. The number of carbonyl (C=O) groups excluding carboxylic acids is 4. The molecule has 8 rings (SSSR count). The molecule has 6 aliphatic rings. The topological polar surface area (TPSA) is 144 Å². The van der Waals surface area contributed by atoms with Gasteiger partial charge in [-0.2, -0.15) is 0 Å². The van der Waals surface area contributed by atoms with E-state index >= 15 is 9.59 Å². The van der Waals surface area contributed by atoms with Crippen LogP contribution in [0.5, 0.6) is 17.2 Å². The number of alkyl halides is 1. The van der Waals surface area contributed by atoms with E-state index in [4.69, 9.17) is 41.0 Å². The van der Waals surface area contributed by atoms with Crippen LogP contribution in [-0.2, 0) is 30.3 Å². The summed E-state index contributed by atoms with van der Waals surface area (Å²) < 4.78 is 33.9. The number of fused-ring (bicyclic) bond motifs is 6. The van der Waals surface area contributed by atoms with E-state index in [-0.39, 0.29) is 36.8 Å². The summed E-state index contributed by atoms with van der Waals surface area (Å²) in [5.74, 6) is -3.26. The number of ether oxygens (including phenoxy) is 5. The van der Waals surface area contributed by atoms with Gasteiger partial charge in [0, 0.05) is 70.7 Å². The van der Waals surface area contributed by atoms with E-state index in [9.17, 15) is 9.59 Å². The highest BCUT2D eigenvalue weighted by Crippen LogP contribution is 2.71. The lowest BCUT2D eigenvalue weighted by molar-refractivity contribution is -0.176. The summed E-state index contributed by atoms with van der Waals surface area (Å²) in [6, 6.07) is 7.49. The minimum absolute atomic E-state index is 0.0509. The van der Waals surface area contributed by atoms with Crippen LogP contribution in [0.3, 0.4) is 0 Å². The Hall–Kier alpha value is -5.23. The van der Waals surface area contributed by atoms with Gasteiger partial charge >= 0.3 is 11.9 Å². The summed E-state index contributed by atoms with van der Waals surface area (Å²) in [7, 11) is 1.32. The van der Waals surface area contributed by atoms with Crippen LogP contribution >= 0.6 is 11.6 Å². The molecule has 11 nitrogen and oxygen atoms in total. The average Bonchev–Trinajstić information content (AvgIpc) is 3.65. The molecule has 0 bridgehead atoms. The Kier molecular flexibility index (Phi) is 11.8. The number of ketones is 2. The smallest absolute Gasteiger partial charge is 0.333 e. The molecule has 2 aromatic carbocycles. The van der Waals surface area contributed by atoms with E-state index in [1.165, 1.54) is 12.7 Å². The van der Waals surface area contributed by atoms with E-state index < -0.39 is 58.0 Å². The number of halogens is 1. The zero-order valence-electron chi connectivity index (χ0n) is 39.5. The standard InChI is InChI=1S/C53H61ClN2O9/c1-28(2)15-14-22-51(10)23-21-36-45(63-51)35(19-18-29(3)4)47-40(46(36)62-37(57)27-54)43-41-38(39-42(56(43)26-25-55)33-16-12-13-17-34(33)44(39)58)31(6)48(59)52(24-20-30(5)49(60)61-11)53(41,64-47)32(7)50(8,9)65-52/h12-13,15-18,20-21,23,31-32,38H,14,19,22,24-27,55H2,1-11H3/b30-20-. The number of allylic oxidation sites excluding steroid dienone is 5. The van der Waals surface area contributed by atoms with Crippen molar-refractivity contribution in [3.05, 3.63) is 104 Å². The molecule has 2 aromatic rings. The largest absolute Gasteiger partial charge is 0.482 e. The molecule has 12 heteroatoms. The first kappa shape index (κ1) is 46.3. The normalized spacial score (nSPS) is 27.7. The Balaban J connectivity index is 1.56. The van der Waals surface area contributed by atoms with Gasteiger partial charge in [-0.05, 0) is 86.8 Å². The van der Waals surface area contributed by atoms with Crippen LogP contribution in [0.25, 0.3) is 17.5 Å². The van der Waals surface area contributed by atoms with Crippen molar-refractivity contribution in [2.45, 2.75) is 117 Å². The monoisotopic (exact) mass is 904 g/mol. The molecule has 2 aliphatic carbocycles. The van der Waals surface area contributed by atoms with Crippen molar-refractivity contribution in [3.63, 3.8) is 0 Å². The molecule has 6 atom stereocenters. The number of methoxy groups -OCH3 is 1. The molecular weight excluding hydrogens is 844 g/mol. The summed E-state index contributed by atoms with van der Waals surface area (Å²) in [6.45, 7) is 20.1. The van der Waals surface area contributed by atoms with Crippen molar-refractivity contribution in [2.24, 2.45) is 23.5 Å². The lowest BCUT2D eigenvalue weighted by Gasteiger charge is -2.59. The fourth-order valence-corrected chi connectivity index (χ4v) is 11.3. The van der Waals surface area contributed by atoms with Crippen molar-refractivity contribution >= 4 is 52.6 Å². The minimum Gasteiger partial charge on any atom is -0.482 e. The maximum absolute atomic E-state index is 16.0. The summed E-state index contributed by atoms with van der Waals surface area (Å²) in [4.78, 5) is 59.9. The first-order valence-corrected chi connectivity index (χ1v) is 23.2. The number of hydrogen-bond donors (Lipinski definition) is 1. The fraction of sp³-hybridized carbons (Fsp3) is 0.472. The molecule has 1 spiro atoms. The summed E-state index contributed by atoms with van der Waals surface area (Å²) in [5.41, 5.74) is 9.37. The van der Waals surface area contributed by atoms with Gasteiger partial charge < -0.3 is 34.3 Å². The van der Waals surface area contributed by atoms with Crippen molar-refractivity contribution in [1.29, 1.82) is 0 Å². The van der Waals surface area contributed by atoms with E-state index in [1.807, 2.05) is 84.9 Å². The molecule has 1 saturated heterocycles. The summed E-state index contributed by atoms with van der Waals surface area (Å²) >= 11 is 6.28. The first-order chi connectivity index (χ1) is 30.7. The van der Waals surface area contributed by atoms with Crippen molar-refractivity contribution < 1.29 is 42.9 Å². The van der Waals surface area contributed by atoms with Crippen molar-refractivity contribution in [2.75, 3.05) is 26.1 Å². The van der Waals surface area contributed by atoms with Crippen LogP contribution < -0.4 is 19.9 Å². The zero-order chi connectivity index (χ0) is 47.1. The van der Waals surface area contributed by atoms with Gasteiger partial charge in [0.25, 0.3) is 0 Å². The van der Waals surface area contributed by atoms with Gasteiger partial charge in [0.2, 0.25) is 0 Å².